The maximum absolute atomic E-state index is 13.7. The SMILES string of the molecule is CN(CCCCN1c2ccccc2Oc2ccc(Cl)cc2S1(=O)=O)CC(=O)C12CC3CC(CC(C3)C1)C2. The number of nitrogens with zero attached hydrogens (tertiary/aromatic N) is 2. The average Bonchev–Trinajstić information content (AvgIpc) is 2.93. The molecule has 37 heavy (non-hydrogen) atoms. The summed E-state index contributed by atoms with van der Waals surface area (Å²) in [6, 6.07) is 11.9. The Morgan fingerprint density at radius 2 is 1.70 bits per heavy atom. The number of sulfonamides is 1. The third kappa shape index (κ3) is 4.68. The molecule has 0 unspecified atom stereocenters. The van der Waals surface area contributed by atoms with Gasteiger partial charge < -0.3 is 4.74 Å². The van der Waals surface area contributed by atoms with E-state index in [0.717, 1.165) is 50.0 Å². The van der Waals surface area contributed by atoms with Crippen molar-refractivity contribution < 1.29 is 17.9 Å². The fourth-order valence-corrected chi connectivity index (χ4v) is 9.60. The van der Waals surface area contributed by atoms with Crippen LogP contribution in [0.1, 0.15) is 51.4 Å². The van der Waals surface area contributed by atoms with E-state index in [0.29, 0.717) is 41.8 Å². The number of rotatable bonds is 8. The van der Waals surface area contributed by atoms with Crippen LogP contribution in [0.15, 0.2) is 47.4 Å². The number of likely N-dealkylation sites (N-methyl/N-ethyl adjacent to an activating group) is 1. The lowest BCUT2D eigenvalue weighted by Crippen LogP contribution is -2.52. The van der Waals surface area contributed by atoms with Crippen molar-refractivity contribution in [3.63, 3.8) is 0 Å². The number of anilines is 1. The molecule has 0 saturated heterocycles. The van der Waals surface area contributed by atoms with Crippen LogP contribution in [-0.4, -0.2) is 45.8 Å². The molecule has 2 aromatic carbocycles. The lowest BCUT2D eigenvalue weighted by atomic mass is 9.48. The molecular weight excluding hydrogens is 508 g/mol. The highest BCUT2D eigenvalue weighted by molar-refractivity contribution is 7.93. The Morgan fingerprint density at radius 3 is 2.41 bits per heavy atom. The van der Waals surface area contributed by atoms with Gasteiger partial charge in [0.1, 0.15) is 10.6 Å². The smallest absolute Gasteiger partial charge is 0.268 e. The quantitative estimate of drug-likeness (QED) is 0.375. The number of halogens is 1. The fraction of sp³-hybridized carbons (Fsp3) is 0.552. The molecule has 4 bridgehead atoms. The molecule has 8 heteroatoms. The van der Waals surface area contributed by atoms with E-state index in [4.69, 9.17) is 16.3 Å². The van der Waals surface area contributed by atoms with Crippen LogP contribution in [0.5, 0.6) is 11.5 Å². The van der Waals surface area contributed by atoms with E-state index in [9.17, 15) is 13.2 Å². The number of carbonyl (C=O) groups is 1. The number of Topliss-reactive ketones (excluding diaryl/α,β-unsaturated/α-hetero) is 1. The molecule has 1 heterocycles. The minimum atomic E-state index is -3.84. The van der Waals surface area contributed by atoms with Crippen LogP contribution in [0.4, 0.5) is 5.69 Å². The fourth-order valence-electron chi connectivity index (χ4n) is 7.71. The van der Waals surface area contributed by atoms with Gasteiger partial charge >= 0.3 is 0 Å². The summed E-state index contributed by atoms with van der Waals surface area (Å²) in [7, 11) is -1.83. The molecule has 0 spiro atoms. The predicted octanol–water partition coefficient (Wildman–Crippen LogP) is 6.14. The summed E-state index contributed by atoms with van der Waals surface area (Å²) in [4.78, 5) is 15.6. The second kappa shape index (κ2) is 9.58. The van der Waals surface area contributed by atoms with Crippen molar-refractivity contribution in [2.24, 2.45) is 23.2 Å². The molecule has 0 radical (unpaired) electrons. The first-order valence-electron chi connectivity index (χ1n) is 13.5. The summed E-state index contributed by atoms with van der Waals surface area (Å²) in [5, 5.41) is 0.349. The Hall–Kier alpha value is -2.09. The van der Waals surface area contributed by atoms with Crippen LogP contribution in [0.25, 0.3) is 0 Å². The minimum Gasteiger partial charge on any atom is -0.454 e. The molecule has 0 N–H and O–H groups in total. The van der Waals surface area contributed by atoms with Crippen molar-refractivity contribution in [3.05, 3.63) is 47.5 Å². The summed E-state index contributed by atoms with van der Waals surface area (Å²) in [6.45, 7) is 1.58. The van der Waals surface area contributed by atoms with Gasteiger partial charge in [0.25, 0.3) is 10.0 Å². The van der Waals surface area contributed by atoms with E-state index >= 15 is 0 Å². The first kappa shape index (κ1) is 25.2. The van der Waals surface area contributed by atoms with Crippen LogP contribution >= 0.6 is 11.6 Å². The van der Waals surface area contributed by atoms with Crippen molar-refractivity contribution in [1.82, 2.24) is 4.90 Å². The molecular formula is C29H35ClN2O4S. The first-order valence-corrected chi connectivity index (χ1v) is 15.4. The summed E-state index contributed by atoms with van der Waals surface area (Å²) >= 11 is 6.15. The van der Waals surface area contributed by atoms with E-state index in [-0.39, 0.29) is 16.1 Å². The number of hydrogen-bond donors (Lipinski definition) is 0. The van der Waals surface area contributed by atoms with Gasteiger partial charge in [0.15, 0.2) is 11.5 Å². The Morgan fingerprint density at radius 1 is 1.03 bits per heavy atom. The molecule has 0 atom stereocenters. The number of benzene rings is 2. The van der Waals surface area contributed by atoms with Gasteiger partial charge in [-0.1, -0.05) is 23.7 Å². The molecule has 0 aromatic heterocycles. The molecule has 2 aromatic rings. The van der Waals surface area contributed by atoms with E-state index in [1.165, 1.54) is 29.6 Å². The van der Waals surface area contributed by atoms with Crippen LogP contribution in [0, 0.1) is 23.2 Å². The number of ketones is 1. The molecule has 0 amide bonds. The topological polar surface area (TPSA) is 66.9 Å². The highest BCUT2D eigenvalue weighted by Gasteiger charge is 2.54. The monoisotopic (exact) mass is 542 g/mol. The maximum atomic E-state index is 13.7. The van der Waals surface area contributed by atoms with Gasteiger partial charge in [-0.2, -0.15) is 0 Å². The Bertz CT molecular complexity index is 1280. The molecule has 6 nitrogen and oxygen atoms in total. The third-order valence-electron chi connectivity index (χ3n) is 9.02. The summed E-state index contributed by atoms with van der Waals surface area (Å²) in [6.07, 6.45) is 8.79. The zero-order valence-corrected chi connectivity index (χ0v) is 22.9. The minimum absolute atomic E-state index is 0.0679. The lowest BCUT2D eigenvalue weighted by Gasteiger charge is -2.56. The normalized spacial score (nSPS) is 28.9. The predicted molar refractivity (Wildman–Crippen MR) is 145 cm³/mol. The standard InChI is InChI=1S/C29H35ClN2O4S/c1-31(19-28(33)29-16-20-12-21(17-29)14-22(13-20)18-29)10-4-5-11-32-24-6-2-3-7-25(24)36-26-9-8-23(30)15-27(26)37(32,34)35/h2-3,6-9,15,20-22H,4-5,10-14,16-19H2,1H3. The van der Waals surface area contributed by atoms with Crippen molar-refractivity contribution in [3.8, 4) is 11.5 Å². The van der Waals surface area contributed by atoms with Crippen molar-refractivity contribution in [2.45, 2.75) is 56.3 Å². The van der Waals surface area contributed by atoms with E-state index < -0.39 is 10.0 Å². The van der Waals surface area contributed by atoms with E-state index in [2.05, 4.69) is 4.90 Å². The van der Waals surface area contributed by atoms with Gasteiger partial charge in [0, 0.05) is 17.0 Å². The van der Waals surface area contributed by atoms with Gasteiger partial charge in [-0.15, -0.1) is 0 Å². The van der Waals surface area contributed by atoms with Crippen LogP contribution < -0.4 is 9.04 Å². The zero-order valence-electron chi connectivity index (χ0n) is 21.4. The summed E-state index contributed by atoms with van der Waals surface area (Å²) in [5.74, 6) is 3.52. The van der Waals surface area contributed by atoms with Crippen molar-refractivity contribution in [1.29, 1.82) is 0 Å². The highest BCUT2D eigenvalue weighted by Crippen LogP contribution is 2.60. The molecule has 5 aliphatic rings. The van der Waals surface area contributed by atoms with Gasteiger partial charge in [-0.25, -0.2) is 8.42 Å². The third-order valence-corrected chi connectivity index (χ3v) is 11.1. The second-order valence-corrected chi connectivity index (χ2v) is 14.1. The van der Waals surface area contributed by atoms with Crippen molar-refractivity contribution in [2.75, 3.05) is 31.0 Å². The second-order valence-electron chi connectivity index (χ2n) is 11.8. The largest absolute Gasteiger partial charge is 0.454 e. The number of hydrogen-bond acceptors (Lipinski definition) is 5. The van der Waals surface area contributed by atoms with E-state index in [1.54, 1.807) is 24.3 Å². The number of carbonyl (C=O) groups excluding carboxylic acids is 1. The Kier molecular flexibility index (Phi) is 6.53. The van der Waals surface area contributed by atoms with Gasteiger partial charge in [0.2, 0.25) is 0 Å². The zero-order chi connectivity index (χ0) is 25.8. The van der Waals surface area contributed by atoms with Gasteiger partial charge in [-0.05, 0) is 113 Å². The van der Waals surface area contributed by atoms with Crippen molar-refractivity contribution >= 4 is 33.1 Å². The van der Waals surface area contributed by atoms with Gasteiger partial charge in [0.05, 0.1) is 12.2 Å². The Labute approximate surface area is 225 Å². The number of fused-ring (bicyclic) bond motifs is 2. The number of ether oxygens (including phenoxy) is 1. The number of unbranched alkanes of at least 4 members (excludes halogenated alkanes) is 1. The highest BCUT2D eigenvalue weighted by atomic mass is 35.5. The van der Waals surface area contributed by atoms with Crippen LogP contribution in [-0.2, 0) is 14.8 Å². The average molecular weight is 543 g/mol. The lowest BCUT2D eigenvalue weighted by molar-refractivity contribution is -0.144. The summed E-state index contributed by atoms with van der Waals surface area (Å²) in [5.41, 5.74) is 0.460. The summed E-state index contributed by atoms with van der Waals surface area (Å²) < 4.78 is 34.7. The molecule has 4 fully saturated rings. The van der Waals surface area contributed by atoms with Crippen LogP contribution in [0.2, 0.25) is 5.02 Å². The Balaban J connectivity index is 1.09. The molecule has 4 aliphatic carbocycles. The molecule has 198 valence electrons. The first-order chi connectivity index (χ1) is 17.7. The molecule has 4 saturated carbocycles. The molecule has 1 aliphatic heterocycles. The maximum Gasteiger partial charge on any atom is 0.268 e. The van der Waals surface area contributed by atoms with Gasteiger partial charge in [-0.3, -0.25) is 14.0 Å². The molecule has 7 rings (SSSR count). The van der Waals surface area contributed by atoms with E-state index in [1.807, 2.05) is 19.2 Å². The van der Waals surface area contributed by atoms with Crippen LogP contribution in [0.3, 0.4) is 0 Å². The number of para-hydroxylation sites is 2.